The van der Waals surface area contributed by atoms with E-state index in [-0.39, 0.29) is 16.5 Å². The van der Waals surface area contributed by atoms with Gasteiger partial charge < -0.3 is 0 Å². The third-order valence-electron chi connectivity index (χ3n) is 4.56. The van der Waals surface area contributed by atoms with Gasteiger partial charge in [0.1, 0.15) is 5.69 Å². The Morgan fingerprint density at radius 2 is 1.82 bits per heavy atom. The minimum absolute atomic E-state index is 0.0189. The first kappa shape index (κ1) is 22.9. The molecule has 0 unspecified atom stereocenters. The van der Waals surface area contributed by atoms with Gasteiger partial charge in [0, 0.05) is 15.4 Å². The van der Waals surface area contributed by atoms with Crippen molar-refractivity contribution >= 4 is 38.9 Å². The van der Waals surface area contributed by atoms with E-state index in [1.807, 2.05) is 24.3 Å². The number of benzene rings is 2. The van der Waals surface area contributed by atoms with E-state index in [0.717, 1.165) is 32.1 Å². The summed E-state index contributed by atoms with van der Waals surface area (Å²) in [7, 11) is 0. The Bertz CT molecular complexity index is 1310. The zero-order chi connectivity index (χ0) is 23.6. The van der Waals surface area contributed by atoms with Gasteiger partial charge in [-0.25, -0.2) is 15.1 Å². The van der Waals surface area contributed by atoms with Gasteiger partial charge in [-0.15, -0.1) is 11.3 Å². The van der Waals surface area contributed by atoms with Crippen molar-refractivity contribution < 1.29 is 18.0 Å². The van der Waals surface area contributed by atoms with Gasteiger partial charge in [-0.3, -0.25) is 4.79 Å². The van der Waals surface area contributed by atoms with Crippen molar-refractivity contribution in [1.82, 2.24) is 20.2 Å². The molecule has 2 heterocycles. The van der Waals surface area contributed by atoms with E-state index in [4.69, 9.17) is 0 Å². The Morgan fingerprint density at radius 1 is 1.12 bits per heavy atom. The number of aromatic nitrogens is 3. The number of amides is 1. The van der Waals surface area contributed by atoms with E-state index in [1.165, 1.54) is 5.38 Å². The van der Waals surface area contributed by atoms with E-state index in [1.54, 1.807) is 37.3 Å². The second-order valence-electron chi connectivity index (χ2n) is 6.85. The molecule has 33 heavy (non-hydrogen) atoms. The number of hydrogen-bond donors (Lipinski definition) is 1. The molecule has 0 radical (unpaired) electrons. The Labute approximate surface area is 198 Å². The van der Waals surface area contributed by atoms with Crippen LogP contribution in [0.5, 0.6) is 0 Å². The molecule has 0 atom stereocenters. The number of carbonyl (C=O) groups is 1. The molecule has 1 amide bonds. The summed E-state index contributed by atoms with van der Waals surface area (Å²) < 4.78 is 41.9. The molecule has 0 fully saturated rings. The Morgan fingerprint density at radius 3 is 2.48 bits per heavy atom. The molecule has 168 valence electrons. The van der Waals surface area contributed by atoms with E-state index < -0.39 is 17.8 Å². The Hall–Kier alpha value is -3.31. The van der Waals surface area contributed by atoms with Crippen LogP contribution in [-0.2, 0) is 6.18 Å². The van der Waals surface area contributed by atoms with Crippen LogP contribution >= 0.6 is 27.3 Å². The zero-order valence-corrected chi connectivity index (χ0v) is 19.4. The number of carbonyl (C=O) groups excluding carboxylic acids is 1. The van der Waals surface area contributed by atoms with E-state index in [9.17, 15) is 18.0 Å². The molecule has 0 aliphatic carbocycles. The van der Waals surface area contributed by atoms with Gasteiger partial charge in [-0.1, -0.05) is 58.4 Å². The normalized spacial score (nSPS) is 12.1. The molecule has 0 bridgehead atoms. The maximum atomic E-state index is 13.3. The van der Waals surface area contributed by atoms with Crippen molar-refractivity contribution in [3.8, 4) is 16.4 Å². The number of rotatable bonds is 5. The molecular weight excluding hydrogens is 519 g/mol. The fraction of sp³-hybridized carbons (Fsp3) is 0.0909. The van der Waals surface area contributed by atoms with Crippen LogP contribution < -0.4 is 5.43 Å². The van der Waals surface area contributed by atoms with Gasteiger partial charge in [0.05, 0.1) is 11.4 Å². The second kappa shape index (κ2) is 9.28. The van der Waals surface area contributed by atoms with E-state index >= 15 is 0 Å². The maximum Gasteiger partial charge on any atom is 0.435 e. The van der Waals surface area contributed by atoms with Gasteiger partial charge in [-0.05, 0) is 30.7 Å². The highest BCUT2D eigenvalue weighted by Crippen LogP contribution is 2.33. The molecule has 2 aromatic carbocycles. The smallest absolute Gasteiger partial charge is 0.266 e. The highest BCUT2D eigenvalue weighted by atomic mass is 79.9. The first-order chi connectivity index (χ1) is 15.7. The fourth-order valence-electron chi connectivity index (χ4n) is 2.89. The van der Waals surface area contributed by atoms with Crippen LogP contribution in [0.4, 0.5) is 13.2 Å². The molecular formula is C22H15BrF3N5OS. The largest absolute Gasteiger partial charge is 0.435 e. The van der Waals surface area contributed by atoms with Crippen molar-refractivity contribution in [2.24, 2.45) is 5.10 Å². The number of nitrogens with one attached hydrogen (secondary N) is 1. The summed E-state index contributed by atoms with van der Waals surface area (Å²) in [5.41, 5.74) is 3.56. The molecule has 0 spiro atoms. The number of thiazole rings is 1. The summed E-state index contributed by atoms with van der Waals surface area (Å²) in [6, 6.07) is 16.9. The molecule has 0 aliphatic heterocycles. The lowest BCUT2D eigenvalue weighted by Crippen LogP contribution is -2.20. The Kier molecular flexibility index (Phi) is 6.43. The summed E-state index contributed by atoms with van der Waals surface area (Å²) in [5.74, 6) is -0.585. The van der Waals surface area contributed by atoms with Crippen LogP contribution in [0, 0.1) is 0 Å². The number of alkyl halides is 3. The summed E-state index contributed by atoms with van der Waals surface area (Å²) in [6.45, 7) is 1.74. The van der Waals surface area contributed by atoms with Crippen LogP contribution in [0.25, 0.3) is 16.4 Å². The van der Waals surface area contributed by atoms with Crippen LogP contribution in [0.3, 0.4) is 0 Å². The highest BCUT2D eigenvalue weighted by molar-refractivity contribution is 9.10. The summed E-state index contributed by atoms with van der Waals surface area (Å²) >= 11 is 4.36. The molecule has 11 heteroatoms. The molecule has 4 rings (SSSR count). The predicted molar refractivity (Wildman–Crippen MR) is 123 cm³/mol. The maximum absolute atomic E-state index is 13.3. The van der Waals surface area contributed by atoms with Crippen LogP contribution in [0.15, 0.2) is 75.6 Å². The lowest BCUT2D eigenvalue weighted by molar-refractivity contribution is -0.141. The molecule has 1 N–H and O–H groups in total. The van der Waals surface area contributed by atoms with Crippen molar-refractivity contribution in [2.45, 2.75) is 13.1 Å². The zero-order valence-electron chi connectivity index (χ0n) is 17.0. The fourth-order valence-corrected chi connectivity index (χ4v) is 3.92. The number of hydrazone groups is 1. The monoisotopic (exact) mass is 533 g/mol. The lowest BCUT2D eigenvalue weighted by Gasteiger charge is -2.04. The van der Waals surface area contributed by atoms with Gasteiger partial charge in [0.25, 0.3) is 5.91 Å². The third-order valence-corrected chi connectivity index (χ3v) is 5.91. The van der Waals surface area contributed by atoms with Crippen LogP contribution in [-0.4, -0.2) is 26.4 Å². The number of nitrogens with zero attached hydrogens (tertiary/aromatic N) is 4. The topological polar surface area (TPSA) is 72.2 Å². The number of halogens is 4. The minimum Gasteiger partial charge on any atom is -0.266 e. The van der Waals surface area contributed by atoms with Gasteiger partial charge in [-0.2, -0.15) is 23.4 Å². The average Bonchev–Trinajstić information content (AvgIpc) is 3.46. The molecule has 0 saturated heterocycles. The van der Waals surface area contributed by atoms with Crippen molar-refractivity contribution in [3.05, 3.63) is 87.5 Å². The predicted octanol–water partition coefficient (Wildman–Crippen LogP) is 5.93. The first-order valence-electron chi connectivity index (χ1n) is 9.51. The molecule has 0 aliphatic rings. The average molecular weight is 534 g/mol. The van der Waals surface area contributed by atoms with E-state index in [0.29, 0.717) is 11.3 Å². The van der Waals surface area contributed by atoms with Crippen LogP contribution in [0.2, 0.25) is 0 Å². The summed E-state index contributed by atoms with van der Waals surface area (Å²) in [5, 5.41) is 9.35. The minimum atomic E-state index is -4.62. The third kappa shape index (κ3) is 5.20. The second-order valence-corrected chi connectivity index (χ2v) is 8.60. The van der Waals surface area contributed by atoms with E-state index in [2.05, 4.69) is 36.5 Å². The SMILES string of the molecule is C/C(=N\NC(=O)c1csc(-n2nc(C(F)(F)F)cc2-c2ccccc2)n1)c1ccc(Br)cc1. The molecule has 4 aromatic rings. The lowest BCUT2D eigenvalue weighted by atomic mass is 10.1. The van der Waals surface area contributed by atoms with Gasteiger partial charge in [0.2, 0.25) is 5.13 Å². The van der Waals surface area contributed by atoms with Gasteiger partial charge in [0.15, 0.2) is 5.69 Å². The van der Waals surface area contributed by atoms with Crippen molar-refractivity contribution in [2.75, 3.05) is 0 Å². The first-order valence-corrected chi connectivity index (χ1v) is 11.2. The Balaban J connectivity index is 1.60. The summed E-state index contributed by atoms with van der Waals surface area (Å²) in [6.07, 6.45) is -4.62. The highest BCUT2D eigenvalue weighted by Gasteiger charge is 2.35. The molecule has 2 aromatic heterocycles. The molecule has 6 nitrogen and oxygen atoms in total. The van der Waals surface area contributed by atoms with Crippen molar-refractivity contribution in [3.63, 3.8) is 0 Å². The summed E-state index contributed by atoms with van der Waals surface area (Å²) in [4.78, 5) is 16.7. The van der Waals surface area contributed by atoms with Gasteiger partial charge >= 0.3 is 6.18 Å². The standard InChI is InChI=1S/C22H15BrF3N5OS/c1-13(14-7-9-16(23)10-8-14)28-29-20(32)17-12-33-21(27-17)31-18(15-5-3-2-4-6-15)11-19(30-31)22(24,25)26/h2-12H,1H3,(H,29,32)/b28-13+. The quantitative estimate of drug-likeness (QED) is 0.255. The molecule has 0 saturated carbocycles. The number of hydrogen-bond acceptors (Lipinski definition) is 5. The van der Waals surface area contributed by atoms with Crippen LogP contribution in [0.1, 0.15) is 28.7 Å². The van der Waals surface area contributed by atoms with Crippen molar-refractivity contribution in [1.29, 1.82) is 0 Å².